The summed E-state index contributed by atoms with van der Waals surface area (Å²) in [4.78, 5) is 0. The Balaban J connectivity index is 1.41. The molecule has 1 aliphatic rings. The van der Waals surface area contributed by atoms with Crippen LogP contribution >= 0.6 is 0 Å². The molecular formula is C29H30F4O2. The second kappa shape index (κ2) is 11.1. The summed E-state index contributed by atoms with van der Waals surface area (Å²) >= 11 is 0. The molecule has 0 radical (unpaired) electrons. The molecule has 0 atom stereocenters. The molecule has 3 aromatic rings. The minimum atomic E-state index is -4.76. The maximum atomic E-state index is 14.3. The van der Waals surface area contributed by atoms with Gasteiger partial charge in [-0.2, -0.15) is 0 Å². The highest BCUT2D eigenvalue weighted by Gasteiger charge is 2.31. The van der Waals surface area contributed by atoms with Gasteiger partial charge in [0.05, 0.1) is 0 Å². The van der Waals surface area contributed by atoms with Crippen LogP contribution in [0.15, 0.2) is 66.7 Å². The van der Waals surface area contributed by atoms with Crippen molar-refractivity contribution in [3.63, 3.8) is 0 Å². The van der Waals surface area contributed by atoms with Crippen LogP contribution in [0.3, 0.4) is 0 Å². The van der Waals surface area contributed by atoms with Crippen LogP contribution in [0.1, 0.15) is 62.5 Å². The number of halogens is 4. The monoisotopic (exact) mass is 486 g/mol. The molecular weight excluding hydrogens is 456 g/mol. The third-order valence-electron chi connectivity index (χ3n) is 6.67. The van der Waals surface area contributed by atoms with E-state index < -0.39 is 12.2 Å². The number of benzene rings is 3. The summed E-state index contributed by atoms with van der Waals surface area (Å²) in [6, 6.07) is 18.3. The molecule has 0 aliphatic heterocycles. The lowest BCUT2D eigenvalue weighted by molar-refractivity contribution is -0.274. The predicted molar refractivity (Wildman–Crippen MR) is 129 cm³/mol. The van der Waals surface area contributed by atoms with Crippen molar-refractivity contribution in [3.8, 4) is 22.6 Å². The van der Waals surface area contributed by atoms with E-state index in [0.29, 0.717) is 22.8 Å². The lowest BCUT2D eigenvalue weighted by Gasteiger charge is -2.28. The molecule has 0 spiro atoms. The molecule has 0 bridgehead atoms. The molecule has 6 heteroatoms. The van der Waals surface area contributed by atoms with Crippen molar-refractivity contribution < 1.29 is 27.0 Å². The smallest absolute Gasteiger partial charge is 0.489 e. The van der Waals surface area contributed by atoms with Crippen molar-refractivity contribution >= 4 is 0 Å². The number of ether oxygens (including phenoxy) is 2. The zero-order valence-electron chi connectivity index (χ0n) is 19.8. The lowest BCUT2D eigenvalue weighted by atomic mass is 9.77. The van der Waals surface area contributed by atoms with Crippen LogP contribution in [0, 0.1) is 11.7 Å². The van der Waals surface area contributed by atoms with Crippen LogP contribution in [-0.4, -0.2) is 6.36 Å². The number of rotatable bonds is 8. The van der Waals surface area contributed by atoms with Gasteiger partial charge >= 0.3 is 6.36 Å². The summed E-state index contributed by atoms with van der Waals surface area (Å²) in [6.45, 7) is 2.23. The lowest BCUT2D eigenvalue weighted by Crippen LogP contribution is -2.17. The summed E-state index contributed by atoms with van der Waals surface area (Å²) < 4.78 is 61.3. The Hall–Kier alpha value is -3.02. The molecule has 0 unspecified atom stereocenters. The topological polar surface area (TPSA) is 18.5 Å². The molecule has 0 aromatic heterocycles. The predicted octanol–water partition coefficient (Wildman–Crippen LogP) is 9.04. The molecule has 1 saturated carbocycles. The third-order valence-corrected chi connectivity index (χ3v) is 6.67. The maximum Gasteiger partial charge on any atom is 0.573 e. The Morgan fingerprint density at radius 3 is 2.26 bits per heavy atom. The van der Waals surface area contributed by atoms with E-state index >= 15 is 0 Å². The molecule has 1 aliphatic carbocycles. The van der Waals surface area contributed by atoms with Crippen molar-refractivity contribution in [2.75, 3.05) is 0 Å². The first-order chi connectivity index (χ1) is 16.8. The standard InChI is InChI=1S/C29H30F4O2/c1-2-4-20-7-9-22(10-8-20)23-11-13-24(14-12-23)25-16-26(30)18-28(17-25)34-19-21-5-3-6-27(15-21)35-29(31,32)33/h3,5-6,11-18,20,22H,2,4,7-10,19H2,1H3. The van der Waals surface area contributed by atoms with E-state index in [1.165, 1.54) is 74.4 Å². The molecule has 186 valence electrons. The van der Waals surface area contributed by atoms with Crippen molar-refractivity contribution in [2.24, 2.45) is 5.92 Å². The van der Waals surface area contributed by atoms with Crippen molar-refractivity contribution in [3.05, 3.63) is 83.7 Å². The quantitative estimate of drug-likeness (QED) is 0.296. The normalized spacial score (nSPS) is 18.3. The second-order valence-electron chi connectivity index (χ2n) is 9.29. The van der Waals surface area contributed by atoms with Crippen molar-refractivity contribution in [2.45, 2.75) is 64.3 Å². The molecule has 35 heavy (non-hydrogen) atoms. The van der Waals surface area contributed by atoms with E-state index in [0.717, 1.165) is 11.5 Å². The van der Waals surface area contributed by atoms with Gasteiger partial charge in [-0.3, -0.25) is 0 Å². The fourth-order valence-corrected chi connectivity index (χ4v) is 4.95. The van der Waals surface area contributed by atoms with E-state index in [1.807, 2.05) is 12.1 Å². The highest BCUT2D eigenvalue weighted by atomic mass is 19.4. The van der Waals surface area contributed by atoms with Crippen molar-refractivity contribution in [1.29, 1.82) is 0 Å². The van der Waals surface area contributed by atoms with Gasteiger partial charge in [0.1, 0.15) is 23.9 Å². The van der Waals surface area contributed by atoms with Crippen LogP contribution in [0.4, 0.5) is 17.6 Å². The van der Waals surface area contributed by atoms with Gasteiger partial charge in [-0.1, -0.05) is 56.2 Å². The van der Waals surface area contributed by atoms with Crippen LogP contribution in [0.2, 0.25) is 0 Å². The summed E-state index contributed by atoms with van der Waals surface area (Å²) in [6.07, 6.45) is 2.83. The zero-order chi connectivity index (χ0) is 24.8. The summed E-state index contributed by atoms with van der Waals surface area (Å²) in [5.41, 5.74) is 3.39. The first kappa shape index (κ1) is 25.1. The molecule has 4 rings (SSSR count). The van der Waals surface area contributed by atoms with Gasteiger partial charge in [-0.05, 0) is 84.0 Å². The SMILES string of the molecule is CCCC1CCC(c2ccc(-c3cc(F)cc(OCc4cccc(OC(F)(F)F)c4)c3)cc2)CC1. The summed E-state index contributed by atoms with van der Waals surface area (Å²) in [7, 11) is 0. The van der Waals surface area contributed by atoms with Crippen LogP contribution in [0.5, 0.6) is 11.5 Å². The second-order valence-corrected chi connectivity index (χ2v) is 9.29. The number of hydrogen-bond acceptors (Lipinski definition) is 2. The van der Waals surface area contributed by atoms with E-state index in [4.69, 9.17) is 4.74 Å². The fourth-order valence-electron chi connectivity index (χ4n) is 4.95. The largest absolute Gasteiger partial charge is 0.573 e. The Morgan fingerprint density at radius 2 is 1.57 bits per heavy atom. The highest BCUT2D eigenvalue weighted by Crippen LogP contribution is 2.38. The Bertz CT molecular complexity index is 1100. The first-order valence-corrected chi connectivity index (χ1v) is 12.2. The molecule has 0 saturated heterocycles. The minimum absolute atomic E-state index is 0.0163. The summed E-state index contributed by atoms with van der Waals surface area (Å²) in [5.74, 6) is 0.990. The molecule has 2 nitrogen and oxygen atoms in total. The van der Waals surface area contributed by atoms with E-state index in [2.05, 4.69) is 23.8 Å². The molecule has 0 N–H and O–H groups in total. The van der Waals surface area contributed by atoms with Crippen LogP contribution in [-0.2, 0) is 6.61 Å². The van der Waals surface area contributed by atoms with E-state index in [9.17, 15) is 17.6 Å². The zero-order valence-corrected chi connectivity index (χ0v) is 19.8. The van der Waals surface area contributed by atoms with Gasteiger partial charge in [0.15, 0.2) is 0 Å². The van der Waals surface area contributed by atoms with Gasteiger partial charge in [0, 0.05) is 6.07 Å². The number of hydrogen-bond donors (Lipinski definition) is 0. The average Bonchev–Trinajstić information content (AvgIpc) is 2.82. The Kier molecular flexibility index (Phi) is 7.99. The minimum Gasteiger partial charge on any atom is -0.489 e. The summed E-state index contributed by atoms with van der Waals surface area (Å²) in [5, 5.41) is 0. The maximum absolute atomic E-state index is 14.3. The van der Waals surface area contributed by atoms with Crippen molar-refractivity contribution in [1.82, 2.24) is 0 Å². The fraction of sp³-hybridized carbons (Fsp3) is 0.379. The molecule has 3 aromatic carbocycles. The molecule has 0 amide bonds. The van der Waals surface area contributed by atoms with Gasteiger partial charge in [-0.25, -0.2) is 4.39 Å². The van der Waals surface area contributed by atoms with E-state index in [-0.39, 0.29) is 12.4 Å². The van der Waals surface area contributed by atoms with Gasteiger partial charge in [-0.15, -0.1) is 13.2 Å². The third kappa shape index (κ3) is 7.23. The van der Waals surface area contributed by atoms with Gasteiger partial charge in [0.2, 0.25) is 0 Å². The van der Waals surface area contributed by atoms with Crippen LogP contribution in [0.25, 0.3) is 11.1 Å². The molecule has 0 heterocycles. The van der Waals surface area contributed by atoms with Gasteiger partial charge in [0.25, 0.3) is 0 Å². The van der Waals surface area contributed by atoms with Gasteiger partial charge < -0.3 is 9.47 Å². The first-order valence-electron chi connectivity index (χ1n) is 12.2. The average molecular weight is 487 g/mol. The highest BCUT2D eigenvalue weighted by molar-refractivity contribution is 5.65. The van der Waals surface area contributed by atoms with Crippen LogP contribution < -0.4 is 9.47 Å². The Morgan fingerprint density at radius 1 is 0.829 bits per heavy atom. The van der Waals surface area contributed by atoms with E-state index in [1.54, 1.807) is 12.1 Å². The molecule has 1 fully saturated rings. The Labute approximate surface area is 203 Å². The number of alkyl halides is 3.